The van der Waals surface area contributed by atoms with Crippen molar-refractivity contribution in [3.8, 4) is 0 Å². The van der Waals surface area contributed by atoms with E-state index in [0.717, 1.165) is 0 Å². The van der Waals surface area contributed by atoms with Crippen molar-refractivity contribution in [3.05, 3.63) is 48.6 Å². The van der Waals surface area contributed by atoms with E-state index in [1.54, 1.807) is 51.1 Å². The van der Waals surface area contributed by atoms with Crippen LogP contribution in [-0.2, 0) is 40.0 Å². The first-order valence-electron chi connectivity index (χ1n) is 14.1. The van der Waals surface area contributed by atoms with E-state index in [0.29, 0.717) is 5.56 Å². The minimum Gasteiger partial charge on any atom is -0.467 e. The van der Waals surface area contributed by atoms with Crippen LogP contribution in [0.3, 0.4) is 0 Å². The number of hydrogen-bond donors (Lipinski definition) is 3. The maximum absolute atomic E-state index is 13.9. The lowest BCUT2D eigenvalue weighted by Gasteiger charge is -2.33. The van der Waals surface area contributed by atoms with E-state index in [4.69, 9.17) is 14.2 Å². The molecule has 0 bridgehead atoms. The number of nitrogens with one attached hydrogen (secondary N) is 3. The average Bonchev–Trinajstić information content (AvgIpc) is 2.88. The molecule has 42 heavy (non-hydrogen) atoms. The fourth-order valence-corrected chi connectivity index (χ4v) is 4.05. The van der Waals surface area contributed by atoms with Gasteiger partial charge in [-0.15, -0.1) is 6.58 Å². The molecule has 0 radical (unpaired) electrons. The second-order valence-electron chi connectivity index (χ2n) is 12.0. The van der Waals surface area contributed by atoms with Gasteiger partial charge in [0.2, 0.25) is 11.4 Å². The summed E-state index contributed by atoms with van der Waals surface area (Å²) < 4.78 is 15.7. The third kappa shape index (κ3) is 11.9. The second-order valence-corrected chi connectivity index (χ2v) is 12.0. The topological polar surface area (TPSA) is 149 Å². The van der Waals surface area contributed by atoms with Crippen LogP contribution < -0.4 is 16.0 Å². The summed E-state index contributed by atoms with van der Waals surface area (Å²) >= 11 is 0. The van der Waals surface area contributed by atoms with Crippen molar-refractivity contribution in [2.45, 2.75) is 97.6 Å². The molecule has 0 heterocycles. The average molecular weight is 590 g/mol. The first-order chi connectivity index (χ1) is 19.5. The lowest BCUT2D eigenvalue weighted by molar-refractivity contribution is -0.161. The van der Waals surface area contributed by atoms with Gasteiger partial charge < -0.3 is 30.2 Å². The second kappa shape index (κ2) is 16.5. The molecule has 0 aliphatic rings. The summed E-state index contributed by atoms with van der Waals surface area (Å²) in [5.74, 6) is -3.65. The Kier molecular flexibility index (Phi) is 14.2. The smallest absolute Gasteiger partial charge is 0.408 e. The highest BCUT2D eigenvalue weighted by Gasteiger charge is 2.50. The van der Waals surface area contributed by atoms with Gasteiger partial charge in [0.15, 0.2) is 0 Å². The molecule has 1 aromatic carbocycles. The molecule has 11 nitrogen and oxygen atoms in total. The first-order valence-corrected chi connectivity index (χ1v) is 14.1. The van der Waals surface area contributed by atoms with Crippen LogP contribution in [-0.4, -0.2) is 60.2 Å². The number of alkyl carbamates (subject to hydrolysis) is 1. The number of benzene rings is 1. The molecule has 234 valence electrons. The van der Waals surface area contributed by atoms with Crippen LogP contribution in [0, 0.1) is 11.8 Å². The minimum absolute atomic E-state index is 0.0173. The summed E-state index contributed by atoms with van der Waals surface area (Å²) in [5, 5.41) is 7.65. The summed E-state index contributed by atoms with van der Waals surface area (Å²) in [7, 11) is 1.19. The van der Waals surface area contributed by atoms with E-state index in [1.807, 2.05) is 27.7 Å². The van der Waals surface area contributed by atoms with E-state index in [1.165, 1.54) is 13.2 Å². The summed E-state index contributed by atoms with van der Waals surface area (Å²) in [5.41, 5.74) is -2.49. The molecular weight excluding hydrogens is 542 g/mol. The van der Waals surface area contributed by atoms with E-state index in [-0.39, 0.29) is 37.7 Å². The zero-order valence-electron chi connectivity index (χ0n) is 26.1. The number of esters is 2. The number of rotatable bonds is 15. The molecule has 0 spiro atoms. The molecule has 3 N–H and O–H groups in total. The third-order valence-electron chi connectivity index (χ3n) is 5.95. The van der Waals surface area contributed by atoms with E-state index in [2.05, 4.69) is 22.5 Å². The molecule has 0 fully saturated rings. The van der Waals surface area contributed by atoms with Crippen molar-refractivity contribution in [1.29, 1.82) is 0 Å². The fraction of sp³-hybridized carbons (Fsp3) is 0.581. The van der Waals surface area contributed by atoms with Crippen molar-refractivity contribution in [2.75, 3.05) is 7.11 Å². The van der Waals surface area contributed by atoms with Gasteiger partial charge >= 0.3 is 18.0 Å². The maximum Gasteiger partial charge on any atom is 0.408 e. The highest BCUT2D eigenvalue weighted by atomic mass is 16.6. The van der Waals surface area contributed by atoms with Crippen LogP contribution in [0.25, 0.3) is 0 Å². The van der Waals surface area contributed by atoms with E-state index in [9.17, 15) is 24.0 Å². The van der Waals surface area contributed by atoms with Crippen LogP contribution in [0.1, 0.15) is 73.3 Å². The molecule has 1 unspecified atom stereocenters. The maximum atomic E-state index is 13.9. The predicted octanol–water partition coefficient (Wildman–Crippen LogP) is 3.80. The Morgan fingerprint density at radius 2 is 1.48 bits per heavy atom. The fourth-order valence-electron chi connectivity index (χ4n) is 4.05. The molecule has 11 heteroatoms. The Balaban J connectivity index is 3.51. The van der Waals surface area contributed by atoms with Crippen LogP contribution in [0.4, 0.5) is 4.79 Å². The number of amides is 3. The largest absolute Gasteiger partial charge is 0.467 e. The Bertz CT molecular complexity index is 1080. The molecule has 3 atom stereocenters. The lowest BCUT2D eigenvalue weighted by atomic mass is 9.91. The molecule has 0 saturated carbocycles. The normalized spacial score (nSPS) is 14.1. The van der Waals surface area contributed by atoms with Crippen molar-refractivity contribution in [1.82, 2.24) is 16.0 Å². The minimum atomic E-state index is -2.32. The van der Waals surface area contributed by atoms with Gasteiger partial charge in [-0.05, 0) is 51.0 Å². The van der Waals surface area contributed by atoms with Gasteiger partial charge in [0.05, 0.1) is 7.11 Å². The summed E-state index contributed by atoms with van der Waals surface area (Å²) in [6.45, 7) is 15.9. The monoisotopic (exact) mass is 589 g/mol. The highest BCUT2D eigenvalue weighted by Crippen LogP contribution is 2.20. The first kappa shape index (κ1) is 36.1. The standard InChI is InChI=1S/C31H47N3O8/c1-10-16-31(28(38)41-19-22-14-12-11-13-15-22,27(37)32-24(18-21(4)5)26(36)40-9)34-25(35)23(17-20(2)3)33-29(39)42-30(6,7)8/h10-15,20-21,23-24H,1,16-19H2,2-9H3,(H,32,37)(H,33,39)(H,34,35)/t23-,24-,31?/m0/s1. The molecule has 1 rings (SSSR count). The quantitative estimate of drug-likeness (QED) is 0.121. The summed E-state index contributed by atoms with van der Waals surface area (Å²) in [4.78, 5) is 66.4. The zero-order chi connectivity index (χ0) is 32.1. The molecule has 0 aliphatic carbocycles. The van der Waals surface area contributed by atoms with Crippen LogP contribution in [0.2, 0.25) is 0 Å². The van der Waals surface area contributed by atoms with Crippen LogP contribution in [0.15, 0.2) is 43.0 Å². The number of carbonyl (C=O) groups is 5. The molecule has 3 amide bonds. The molecule has 0 aliphatic heterocycles. The van der Waals surface area contributed by atoms with Crippen LogP contribution in [0.5, 0.6) is 0 Å². The van der Waals surface area contributed by atoms with Gasteiger partial charge in [0, 0.05) is 6.42 Å². The van der Waals surface area contributed by atoms with Crippen molar-refractivity contribution >= 4 is 29.8 Å². The Hall–Kier alpha value is -3.89. The highest BCUT2D eigenvalue weighted by molar-refractivity contribution is 6.11. The van der Waals surface area contributed by atoms with E-state index >= 15 is 0 Å². The SMILES string of the molecule is C=CCC(NC(=O)[C@H](CC(C)C)NC(=O)OC(C)(C)C)(C(=O)N[C@@H](CC(C)C)C(=O)OC)C(=O)OCc1ccccc1. The van der Waals surface area contributed by atoms with Gasteiger partial charge in [0.1, 0.15) is 24.3 Å². The lowest BCUT2D eigenvalue weighted by Crippen LogP contribution is -2.68. The zero-order valence-corrected chi connectivity index (χ0v) is 26.1. The van der Waals surface area contributed by atoms with Crippen molar-refractivity contribution < 1.29 is 38.2 Å². The Morgan fingerprint density at radius 3 is 1.98 bits per heavy atom. The predicted molar refractivity (Wildman–Crippen MR) is 158 cm³/mol. The van der Waals surface area contributed by atoms with Gasteiger partial charge in [0.25, 0.3) is 5.91 Å². The van der Waals surface area contributed by atoms with Crippen molar-refractivity contribution in [3.63, 3.8) is 0 Å². The van der Waals surface area contributed by atoms with Gasteiger partial charge in [-0.3, -0.25) is 9.59 Å². The van der Waals surface area contributed by atoms with Gasteiger partial charge in [-0.25, -0.2) is 14.4 Å². The summed E-state index contributed by atoms with van der Waals surface area (Å²) in [6.07, 6.45) is 0.475. The number of ether oxygens (including phenoxy) is 3. The third-order valence-corrected chi connectivity index (χ3v) is 5.95. The Labute approximate surface area is 249 Å². The molecule has 0 aromatic heterocycles. The molecule has 0 saturated heterocycles. The number of carbonyl (C=O) groups excluding carboxylic acids is 5. The van der Waals surface area contributed by atoms with E-state index < -0.39 is 53.1 Å². The molecule has 1 aromatic rings. The Morgan fingerprint density at radius 1 is 0.905 bits per heavy atom. The molecular formula is C31H47N3O8. The number of hydrogen-bond acceptors (Lipinski definition) is 8. The van der Waals surface area contributed by atoms with Gasteiger partial charge in [-0.1, -0.05) is 64.1 Å². The summed E-state index contributed by atoms with van der Waals surface area (Å²) in [6, 6.07) is 6.54. The van der Waals surface area contributed by atoms with Crippen LogP contribution >= 0.6 is 0 Å². The van der Waals surface area contributed by atoms with Crippen molar-refractivity contribution in [2.24, 2.45) is 11.8 Å². The van der Waals surface area contributed by atoms with Gasteiger partial charge in [-0.2, -0.15) is 0 Å². The number of methoxy groups -OCH3 is 1.